The normalized spacial score (nSPS) is 20.8. The van der Waals surface area contributed by atoms with E-state index in [0.29, 0.717) is 5.69 Å². The summed E-state index contributed by atoms with van der Waals surface area (Å²) < 4.78 is 0. The van der Waals surface area contributed by atoms with Crippen LogP contribution in [-0.2, 0) is 14.4 Å². The smallest absolute Gasteiger partial charge is 0.305 e. The van der Waals surface area contributed by atoms with Gasteiger partial charge in [-0.15, -0.1) is 11.6 Å². The van der Waals surface area contributed by atoms with Crippen molar-refractivity contribution in [3.63, 3.8) is 0 Å². The number of rotatable bonds is 4. The van der Waals surface area contributed by atoms with Gasteiger partial charge < -0.3 is 5.11 Å². The lowest BCUT2D eigenvalue weighted by Crippen LogP contribution is -2.31. The molecule has 104 valence electrons. The summed E-state index contributed by atoms with van der Waals surface area (Å²) in [6.45, 7) is -0.0878. The number of carboxylic acid groups (broad SMARTS) is 1. The van der Waals surface area contributed by atoms with E-state index in [9.17, 15) is 14.4 Å². The van der Waals surface area contributed by atoms with Crippen LogP contribution in [0.25, 0.3) is 0 Å². The van der Waals surface area contributed by atoms with E-state index in [4.69, 9.17) is 16.7 Å². The van der Waals surface area contributed by atoms with Crippen molar-refractivity contribution in [1.82, 2.24) is 0 Å². The zero-order chi connectivity index (χ0) is 14.7. The zero-order valence-electron chi connectivity index (χ0n) is 10.3. The first-order valence-electron chi connectivity index (χ1n) is 5.86. The van der Waals surface area contributed by atoms with E-state index in [1.165, 1.54) is 0 Å². The van der Waals surface area contributed by atoms with Crippen LogP contribution in [0.5, 0.6) is 0 Å². The molecule has 1 aliphatic heterocycles. The molecule has 20 heavy (non-hydrogen) atoms. The van der Waals surface area contributed by atoms with E-state index in [1.54, 1.807) is 30.3 Å². The third-order valence-electron chi connectivity index (χ3n) is 2.72. The third-order valence-corrected chi connectivity index (χ3v) is 3.12. The molecule has 0 aromatic heterocycles. The Bertz CT molecular complexity index is 585. The lowest BCUT2D eigenvalue weighted by atomic mass is 10.3. The Morgan fingerprint density at radius 1 is 1.30 bits per heavy atom. The lowest BCUT2D eigenvalue weighted by Gasteiger charge is -2.12. The maximum Gasteiger partial charge on any atom is 0.305 e. The van der Waals surface area contributed by atoms with E-state index >= 15 is 0 Å². The number of aliphatic carboxylic acids is 1. The highest BCUT2D eigenvalue weighted by Gasteiger charge is 2.44. The molecule has 2 amide bonds. The number of nitrogens with zero attached hydrogens (tertiary/aromatic N) is 2. The topological polar surface area (TPSA) is 87.0 Å². The molecule has 1 N–H and O–H groups in total. The number of alkyl halides is 1. The molecule has 6 nitrogen and oxygen atoms in total. The number of carboxylic acids is 1. The molecular formula is C13H11ClN2O4. The maximum atomic E-state index is 12.1. The molecule has 1 unspecified atom stereocenters. The minimum absolute atomic E-state index is 0.0878. The number of anilines is 1. The molecule has 1 aromatic rings. The van der Waals surface area contributed by atoms with Crippen molar-refractivity contribution < 1.29 is 19.5 Å². The Balaban J connectivity index is 2.24. The summed E-state index contributed by atoms with van der Waals surface area (Å²) in [4.78, 5) is 39.4. The summed E-state index contributed by atoms with van der Waals surface area (Å²) in [5.74, 6) is -2.21. The van der Waals surface area contributed by atoms with Gasteiger partial charge in [-0.25, -0.2) is 4.90 Å². The molecular weight excluding hydrogens is 284 g/mol. The maximum absolute atomic E-state index is 12.1. The number of imide groups is 1. The fraction of sp³-hybridized carbons (Fsp3) is 0.231. The van der Waals surface area contributed by atoms with Gasteiger partial charge in [-0.1, -0.05) is 18.2 Å². The number of para-hydroxylation sites is 1. The summed E-state index contributed by atoms with van der Waals surface area (Å²) in [6, 6.07) is 8.37. The second kappa shape index (κ2) is 5.83. The number of amides is 2. The lowest BCUT2D eigenvalue weighted by molar-refractivity contribution is -0.136. The van der Waals surface area contributed by atoms with Crippen molar-refractivity contribution >= 4 is 40.8 Å². The first kappa shape index (κ1) is 14.2. The van der Waals surface area contributed by atoms with Gasteiger partial charge >= 0.3 is 5.97 Å². The third kappa shape index (κ3) is 2.70. The van der Waals surface area contributed by atoms with Crippen LogP contribution in [0.2, 0.25) is 0 Å². The van der Waals surface area contributed by atoms with Gasteiger partial charge in [0.15, 0.2) is 5.38 Å². The number of carbonyl (C=O) groups is 3. The molecule has 0 radical (unpaired) electrons. The van der Waals surface area contributed by atoms with Crippen LogP contribution in [0, 0.1) is 0 Å². The molecule has 1 fully saturated rings. The second-order valence-electron chi connectivity index (χ2n) is 4.09. The summed E-state index contributed by atoms with van der Waals surface area (Å²) in [5.41, 5.74) is 0.304. The largest absolute Gasteiger partial charge is 0.481 e. The van der Waals surface area contributed by atoms with Gasteiger partial charge in [0.2, 0.25) is 0 Å². The average Bonchev–Trinajstić information content (AvgIpc) is 2.63. The van der Waals surface area contributed by atoms with Crippen LogP contribution in [0.3, 0.4) is 0 Å². The highest BCUT2D eigenvalue weighted by atomic mass is 35.5. The Kier molecular flexibility index (Phi) is 4.14. The van der Waals surface area contributed by atoms with Crippen LogP contribution in [-0.4, -0.2) is 40.5 Å². The number of hydrogen-bond donors (Lipinski definition) is 1. The van der Waals surface area contributed by atoms with E-state index in [0.717, 1.165) is 4.90 Å². The Morgan fingerprint density at radius 3 is 2.55 bits per heavy atom. The number of halogens is 1. The second-order valence-corrected chi connectivity index (χ2v) is 4.52. The Labute approximate surface area is 119 Å². The van der Waals surface area contributed by atoms with Crippen LogP contribution in [0.4, 0.5) is 5.69 Å². The average molecular weight is 295 g/mol. The summed E-state index contributed by atoms with van der Waals surface area (Å²) in [7, 11) is 0. The quantitative estimate of drug-likeness (QED) is 0.665. The zero-order valence-corrected chi connectivity index (χ0v) is 11.1. The number of carbonyl (C=O) groups excluding carboxylic acids is 2. The molecule has 1 saturated heterocycles. The van der Waals surface area contributed by atoms with Crippen LogP contribution in [0.15, 0.2) is 35.3 Å². The molecule has 0 bridgehead atoms. The van der Waals surface area contributed by atoms with Gasteiger partial charge in [0.25, 0.3) is 11.8 Å². The van der Waals surface area contributed by atoms with E-state index in [-0.39, 0.29) is 18.7 Å². The molecule has 1 heterocycles. The van der Waals surface area contributed by atoms with E-state index in [2.05, 4.69) is 4.99 Å². The monoisotopic (exact) mass is 294 g/mol. The predicted octanol–water partition coefficient (Wildman–Crippen LogP) is 1.08. The highest BCUT2D eigenvalue weighted by Crippen LogP contribution is 2.24. The van der Waals surface area contributed by atoms with Crippen LogP contribution < -0.4 is 4.90 Å². The molecule has 0 spiro atoms. The van der Waals surface area contributed by atoms with Gasteiger partial charge in [-0.2, -0.15) is 0 Å². The highest BCUT2D eigenvalue weighted by molar-refractivity contribution is 6.68. The van der Waals surface area contributed by atoms with Crippen molar-refractivity contribution in [2.45, 2.75) is 11.8 Å². The SMILES string of the molecule is O=C(O)CCN=C1C(=O)N(c2ccccc2)C(=O)C1Cl. The fourth-order valence-corrected chi connectivity index (χ4v) is 2.05. The van der Waals surface area contributed by atoms with E-state index in [1.807, 2.05) is 0 Å². The van der Waals surface area contributed by atoms with E-state index < -0.39 is 23.2 Å². The molecule has 1 atom stereocenters. The van der Waals surface area contributed by atoms with Crippen molar-refractivity contribution in [3.05, 3.63) is 30.3 Å². The molecule has 0 saturated carbocycles. The Morgan fingerprint density at radius 2 is 1.95 bits per heavy atom. The molecule has 7 heteroatoms. The standard InChI is InChI=1S/C13H11ClN2O4/c14-10-11(15-7-6-9(17)18)13(20)16(12(10)19)8-4-2-1-3-5-8/h1-5,10H,6-7H2,(H,17,18). The fourth-order valence-electron chi connectivity index (χ4n) is 1.79. The molecule has 0 aliphatic carbocycles. The summed E-state index contributed by atoms with van der Waals surface area (Å²) in [6.07, 6.45) is -0.222. The Hall–Kier alpha value is -2.21. The van der Waals surface area contributed by atoms with Gasteiger partial charge in [-0.05, 0) is 12.1 Å². The summed E-state index contributed by atoms with van der Waals surface area (Å²) in [5, 5.41) is 7.37. The van der Waals surface area contributed by atoms with Gasteiger partial charge in [0.1, 0.15) is 5.71 Å². The summed E-state index contributed by atoms with van der Waals surface area (Å²) >= 11 is 5.89. The first-order valence-corrected chi connectivity index (χ1v) is 6.29. The van der Waals surface area contributed by atoms with Crippen molar-refractivity contribution in [3.8, 4) is 0 Å². The van der Waals surface area contributed by atoms with Crippen LogP contribution >= 0.6 is 11.6 Å². The van der Waals surface area contributed by atoms with Crippen molar-refractivity contribution in [1.29, 1.82) is 0 Å². The molecule has 1 aromatic carbocycles. The van der Waals surface area contributed by atoms with Gasteiger partial charge in [0.05, 0.1) is 18.7 Å². The predicted molar refractivity (Wildman–Crippen MR) is 73.1 cm³/mol. The van der Waals surface area contributed by atoms with Crippen molar-refractivity contribution in [2.75, 3.05) is 11.4 Å². The van der Waals surface area contributed by atoms with Crippen LogP contribution in [0.1, 0.15) is 6.42 Å². The molecule has 2 rings (SSSR count). The van der Waals surface area contributed by atoms with Crippen molar-refractivity contribution in [2.24, 2.45) is 4.99 Å². The number of aliphatic imine (C=N–C) groups is 1. The number of hydrogen-bond acceptors (Lipinski definition) is 4. The minimum atomic E-state index is -1.17. The first-order chi connectivity index (χ1) is 9.52. The van der Waals surface area contributed by atoms with Gasteiger partial charge in [-0.3, -0.25) is 19.4 Å². The minimum Gasteiger partial charge on any atom is -0.481 e. The molecule has 1 aliphatic rings. The van der Waals surface area contributed by atoms with Gasteiger partial charge in [0, 0.05) is 0 Å². The number of benzene rings is 1.